The third-order valence-electron chi connectivity index (χ3n) is 3.50. The maximum atomic E-state index is 11.4. The summed E-state index contributed by atoms with van der Waals surface area (Å²) in [5.41, 5.74) is 0.571. The molecule has 1 saturated heterocycles. The third-order valence-corrected chi connectivity index (χ3v) is 3.50. The minimum atomic E-state index is -0.768. The van der Waals surface area contributed by atoms with E-state index < -0.39 is 17.3 Å². The first-order chi connectivity index (χ1) is 8.20. The van der Waals surface area contributed by atoms with Gasteiger partial charge in [0, 0.05) is 25.6 Å². The molecule has 92 valence electrons. The fourth-order valence-corrected chi connectivity index (χ4v) is 2.65. The molecule has 0 radical (unpaired) electrons. The number of methoxy groups -OCH3 is 1. The zero-order valence-electron chi connectivity index (χ0n) is 9.85. The molecule has 1 heterocycles. The molecule has 4 heteroatoms. The van der Waals surface area contributed by atoms with E-state index in [-0.39, 0.29) is 0 Å². The van der Waals surface area contributed by atoms with Crippen LogP contribution in [0.3, 0.4) is 0 Å². The average molecular weight is 235 g/mol. The van der Waals surface area contributed by atoms with Gasteiger partial charge < -0.3 is 15.2 Å². The number of rotatable bonds is 4. The number of ether oxygens (including phenoxy) is 1. The number of benzene rings is 1. The molecule has 1 aromatic rings. The van der Waals surface area contributed by atoms with Gasteiger partial charge in [-0.15, -0.1) is 0 Å². The second-order valence-corrected chi connectivity index (χ2v) is 4.48. The molecule has 2 rings (SSSR count). The Kier molecular flexibility index (Phi) is 3.45. The fourth-order valence-electron chi connectivity index (χ4n) is 2.65. The van der Waals surface area contributed by atoms with E-state index in [4.69, 9.17) is 4.74 Å². The summed E-state index contributed by atoms with van der Waals surface area (Å²) in [4.78, 5) is 11.4. The Morgan fingerprint density at radius 2 is 2.24 bits per heavy atom. The number of hydrogen-bond donors (Lipinski definition) is 2. The zero-order valence-corrected chi connectivity index (χ0v) is 9.85. The third kappa shape index (κ3) is 2.06. The van der Waals surface area contributed by atoms with Crippen molar-refractivity contribution in [1.29, 1.82) is 0 Å². The predicted octanol–water partition coefficient (Wildman–Crippen LogP) is 0.875. The lowest BCUT2D eigenvalue weighted by atomic mass is 9.73. The van der Waals surface area contributed by atoms with E-state index in [9.17, 15) is 9.90 Å². The summed E-state index contributed by atoms with van der Waals surface area (Å²) in [6, 6.07) is 9.75. The first-order valence-corrected chi connectivity index (χ1v) is 5.69. The molecule has 4 nitrogen and oxygen atoms in total. The molecule has 2 N–H and O–H groups in total. The Labute approximate surface area is 101 Å². The molecular weight excluding hydrogens is 218 g/mol. The largest absolute Gasteiger partial charge is 0.481 e. The van der Waals surface area contributed by atoms with E-state index in [0.717, 1.165) is 5.56 Å². The van der Waals surface area contributed by atoms with E-state index in [1.807, 2.05) is 30.3 Å². The zero-order chi connectivity index (χ0) is 12.3. The van der Waals surface area contributed by atoms with Crippen molar-refractivity contribution in [2.45, 2.75) is 5.41 Å². The van der Waals surface area contributed by atoms with Gasteiger partial charge >= 0.3 is 5.97 Å². The molecule has 0 amide bonds. The highest BCUT2D eigenvalue weighted by atomic mass is 16.5. The van der Waals surface area contributed by atoms with Crippen LogP contribution < -0.4 is 5.32 Å². The number of nitrogens with one attached hydrogen (secondary N) is 1. The first kappa shape index (κ1) is 12.1. The van der Waals surface area contributed by atoms with Gasteiger partial charge in [0.2, 0.25) is 0 Å². The Morgan fingerprint density at radius 3 is 2.82 bits per heavy atom. The Bertz CT molecular complexity index is 393. The van der Waals surface area contributed by atoms with E-state index in [1.165, 1.54) is 0 Å². The molecule has 0 saturated carbocycles. The topological polar surface area (TPSA) is 58.6 Å². The van der Waals surface area contributed by atoms with E-state index in [0.29, 0.717) is 19.7 Å². The van der Waals surface area contributed by atoms with Gasteiger partial charge in [0.25, 0.3) is 0 Å². The molecule has 1 fully saturated rings. The summed E-state index contributed by atoms with van der Waals surface area (Å²) in [6.45, 7) is 1.55. The lowest BCUT2D eigenvalue weighted by Crippen LogP contribution is -2.43. The summed E-state index contributed by atoms with van der Waals surface area (Å²) < 4.78 is 5.26. The second-order valence-electron chi connectivity index (χ2n) is 4.48. The lowest BCUT2D eigenvalue weighted by Gasteiger charge is -2.32. The van der Waals surface area contributed by atoms with Crippen molar-refractivity contribution in [3.8, 4) is 0 Å². The average Bonchev–Trinajstić information content (AvgIpc) is 2.76. The molecule has 0 bridgehead atoms. The van der Waals surface area contributed by atoms with Gasteiger partial charge in [-0.1, -0.05) is 30.3 Å². The minimum Gasteiger partial charge on any atom is -0.481 e. The molecule has 1 aliphatic rings. The van der Waals surface area contributed by atoms with Gasteiger partial charge in [-0.05, 0) is 5.56 Å². The summed E-state index contributed by atoms with van der Waals surface area (Å²) in [5, 5.41) is 12.5. The molecule has 0 aliphatic carbocycles. The van der Waals surface area contributed by atoms with Crippen molar-refractivity contribution in [1.82, 2.24) is 5.32 Å². The smallest absolute Gasteiger partial charge is 0.308 e. The van der Waals surface area contributed by atoms with Crippen molar-refractivity contribution in [3.63, 3.8) is 0 Å². The SMILES string of the molecule is COCC1(c2ccccc2)CNCC1C(=O)O. The summed E-state index contributed by atoms with van der Waals surface area (Å²) >= 11 is 0. The van der Waals surface area contributed by atoms with Crippen molar-refractivity contribution >= 4 is 5.97 Å². The van der Waals surface area contributed by atoms with Gasteiger partial charge in [-0.2, -0.15) is 0 Å². The molecule has 0 aromatic heterocycles. The predicted molar refractivity (Wildman–Crippen MR) is 64.0 cm³/mol. The molecule has 2 unspecified atom stereocenters. The van der Waals surface area contributed by atoms with E-state index >= 15 is 0 Å². The lowest BCUT2D eigenvalue weighted by molar-refractivity contribution is -0.143. The Balaban J connectivity index is 2.42. The van der Waals surface area contributed by atoms with E-state index in [2.05, 4.69) is 5.32 Å². The minimum absolute atomic E-state index is 0.418. The maximum Gasteiger partial charge on any atom is 0.308 e. The first-order valence-electron chi connectivity index (χ1n) is 5.69. The van der Waals surface area contributed by atoms with Crippen molar-refractivity contribution in [2.24, 2.45) is 5.92 Å². The summed E-state index contributed by atoms with van der Waals surface area (Å²) in [7, 11) is 1.61. The molecule has 1 aliphatic heterocycles. The van der Waals surface area contributed by atoms with Crippen LogP contribution in [0, 0.1) is 5.92 Å². The highest BCUT2D eigenvalue weighted by molar-refractivity contribution is 5.73. The number of hydrogen-bond acceptors (Lipinski definition) is 3. The molecule has 1 aromatic carbocycles. The standard InChI is InChI=1S/C13H17NO3/c1-17-9-13(10-5-3-2-4-6-10)8-14-7-11(13)12(15)16/h2-6,11,14H,7-9H2,1H3,(H,15,16). The normalized spacial score (nSPS) is 28.2. The maximum absolute atomic E-state index is 11.4. The van der Waals surface area contributed by atoms with Gasteiger partial charge in [0.05, 0.1) is 12.5 Å². The highest BCUT2D eigenvalue weighted by Crippen LogP contribution is 2.36. The second kappa shape index (κ2) is 4.85. The van der Waals surface area contributed by atoms with Crippen LogP contribution in [0.2, 0.25) is 0 Å². The summed E-state index contributed by atoms with van der Waals surface area (Å²) in [6.07, 6.45) is 0. The molecule has 17 heavy (non-hydrogen) atoms. The van der Waals surface area contributed by atoms with Crippen LogP contribution in [0.4, 0.5) is 0 Å². The van der Waals surface area contributed by atoms with Gasteiger partial charge in [-0.3, -0.25) is 4.79 Å². The van der Waals surface area contributed by atoms with Crippen LogP contribution in [0.25, 0.3) is 0 Å². The number of carbonyl (C=O) groups is 1. The van der Waals surface area contributed by atoms with Crippen molar-refractivity contribution in [3.05, 3.63) is 35.9 Å². The summed E-state index contributed by atoms with van der Waals surface area (Å²) in [5.74, 6) is -1.21. The highest BCUT2D eigenvalue weighted by Gasteiger charge is 2.48. The van der Waals surface area contributed by atoms with Gasteiger partial charge in [0.1, 0.15) is 0 Å². The number of carboxylic acid groups (broad SMARTS) is 1. The number of carboxylic acids is 1. The molecule has 0 spiro atoms. The van der Waals surface area contributed by atoms with Crippen LogP contribution in [-0.4, -0.2) is 37.9 Å². The quantitative estimate of drug-likeness (QED) is 0.813. The monoisotopic (exact) mass is 235 g/mol. The van der Waals surface area contributed by atoms with Crippen LogP contribution in [0.1, 0.15) is 5.56 Å². The van der Waals surface area contributed by atoms with Gasteiger partial charge in [0.15, 0.2) is 0 Å². The molecular formula is C13H17NO3. The van der Waals surface area contributed by atoms with Crippen LogP contribution in [0.15, 0.2) is 30.3 Å². The van der Waals surface area contributed by atoms with Gasteiger partial charge in [-0.25, -0.2) is 0 Å². The van der Waals surface area contributed by atoms with E-state index in [1.54, 1.807) is 7.11 Å². The van der Waals surface area contributed by atoms with Crippen LogP contribution in [-0.2, 0) is 14.9 Å². The van der Waals surface area contributed by atoms with Crippen molar-refractivity contribution in [2.75, 3.05) is 26.8 Å². The van der Waals surface area contributed by atoms with Crippen LogP contribution in [0.5, 0.6) is 0 Å². The van der Waals surface area contributed by atoms with Crippen molar-refractivity contribution < 1.29 is 14.6 Å². The Hall–Kier alpha value is -1.39. The van der Waals surface area contributed by atoms with Crippen LogP contribution >= 0.6 is 0 Å². The number of aliphatic carboxylic acids is 1. The fraction of sp³-hybridized carbons (Fsp3) is 0.462. The Morgan fingerprint density at radius 1 is 1.53 bits per heavy atom. The molecule has 2 atom stereocenters.